The van der Waals surface area contributed by atoms with Crippen LogP contribution in [0.25, 0.3) is 76.9 Å². The Hall–Kier alpha value is -5.14. The molecule has 0 amide bonds. The van der Waals surface area contributed by atoms with Gasteiger partial charge in [0, 0.05) is 10.8 Å². The van der Waals surface area contributed by atoms with Crippen molar-refractivity contribution >= 4 is 43.5 Å². The third-order valence-electron chi connectivity index (χ3n) is 7.80. The molecule has 0 saturated heterocycles. The minimum atomic E-state index is 0.515. The smallest absolute Gasteiger partial charge is 0.135 e. The number of fused-ring (bicyclic) bond motifs is 5. The standard InChI is InChI=1S/C38H24O/c1-3-11-25(12-4-1)27-19-21-35-33(23-27)34-24-28(20-22-36(34)39-35)38-31-17-9-7-15-29(31)37(26-13-5-2-6-14-26)30-16-8-10-18-32(30)38/h1-24H/i1D. The molecule has 0 aliphatic heterocycles. The summed E-state index contributed by atoms with van der Waals surface area (Å²) in [4.78, 5) is 0. The molecule has 0 unspecified atom stereocenters. The maximum Gasteiger partial charge on any atom is 0.135 e. The zero-order chi connectivity index (χ0) is 26.6. The molecule has 8 aromatic rings. The lowest BCUT2D eigenvalue weighted by Gasteiger charge is -2.17. The summed E-state index contributed by atoms with van der Waals surface area (Å²) in [5.74, 6) is 0. The van der Waals surface area contributed by atoms with E-state index >= 15 is 0 Å². The van der Waals surface area contributed by atoms with Gasteiger partial charge in [0.25, 0.3) is 0 Å². The summed E-state index contributed by atoms with van der Waals surface area (Å²) in [6.45, 7) is 0. The molecule has 1 aromatic heterocycles. The molecule has 0 saturated carbocycles. The molecule has 0 bridgehead atoms. The van der Waals surface area contributed by atoms with Gasteiger partial charge < -0.3 is 4.42 Å². The van der Waals surface area contributed by atoms with Crippen molar-refractivity contribution in [2.24, 2.45) is 0 Å². The lowest BCUT2D eigenvalue weighted by molar-refractivity contribution is 0.669. The predicted octanol–water partition coefficient (Wildman–Crippen LogP) is 10.9. The topological polar surface area (TPSA) is 13.1 Å². The summed E-state index contributed by atoms with van der Waals surface area (Å²) < 4.78 is 14.1. The van der Waals surface area contributed by atoms with Crippen molar-refractivity contribution in [3.8, 4) is 33.4 Å². The Balaban J connectivity index is 1.41. The van der Waals surface area contributed by atoms with Crippen molar-refractivity contribution in [3.05, 3.63) is 146 Å². The first-order valence-electron chi connectivity index (χ1n) is 13.8. The van der Waals surface area contributed by atoms with Crippen LogP contribution in [0, 0.1) is 0 Å². The molecule has 7 aromatic carbocycles. The van der Waals surface area contributed by atoms with E-state index < -0.39 is 0 Å². The Morgan fingerprint density at radius 1 is 0.359 bits per heavy atom. The van der Waals surface area contributed by atoms with E-state index in [1.165, 1.54) is 43.8 Å². The Morgan fingerprint density at radius 2 is 0.821 bits per heavy atom. The quantitative estimate of drug-likeness (QED) is 0.221. The molecule has 0 atom stereocenters. The SMILES string of the molecule is [2H]c1ccc(-c2ccc3oc4ccc(-c5c6ccccc6c(-c6ccccc6)c6ccccc56)cc4c3c2)cc1. The maximum absolute atomic E-state index is 7.84. The second-order valence-corrected chi connectivity index (χ2v) is 10.0. The number of rotatable bonds is 3. The van der Waals surface area contributed by atoms with E-state index in [0.29, 0.717) is 6.04 Å². The van der Waals surface area contributed by atoms with E-state index in [4.69, 9.17) is 5.79 Å². The summed E-state index contributed by atoms with van der Waals surface area (Å²) in [5, 5.41) is 7.18. The molecule has 0 radical (unpaired) electrons. The highest BCUT2D eigenvalue weighted by Crippen LogP contribution is 2.44. The van der Waals surface area contributed by atoms with Gasteiger partial charge in [0.15, 0.2) is 0 Å². The highest BCUT2D eigenvalue weighted by Gasteiger charge is 2.17. The summed E-state index contributed by atoms with van der Waals surface area (Å²) in [6.07, 6.45) is 0. The van der Waals surface area contributed by atoms with E-state index in [-0.39, 0.29) is 0 Å². The summed E-state index contributed by atoms with van der Waals surface area (Å²) in [7, 11) is 0. The van der Waals surface area contributed by atoms with Crippen molar-refractivity contribution in [2.45, 2.75) is 0 Å². The Morgan fingerprint density at radius 3 is 1.41 bits per heavy atom. The fourth-order valence-electron chi connectivity index (χ4n) is 6.05. The molecular weight excluding hydrogens is 472 g/mol. The van der Waals surface area contributed by atoms with Gasteiger partial charge in [0.2, 0.25) is 0 Å². The molecule has 1 heteroatoms. The van der Waals surface area contributed by atoms with Gasteiger partial charge in [-0.3, -0.25) is 0 Å². The normalized spacial score (nSPS) is 11.9. The number of furan rings is 1. The predicted molar refractivity (Wildman–Crippen MR) is 165 cm³/mol. The van der Waals surface area contributed by atoms with Crippen LogP contribution in [0.15, 0.2) is 150 Å². The second kappa shape index (κ2) is 8.72. The minimum absolute atomic E-state index is 0.515. The van der Waals surface area contributed by atoms with Crippen LogP contribution in [0.4, 0.5) is 0 Å². The van der Waals surface area contributed by atoms with Gasteiger partial charge in [-0.2, -0.15) is 0 Å². The van der Waals surface area contributed by atoms with Gasteiger partial charge in [0.05, 0.1) is 1.37 Å². The van der Waals surface area contributed by atoms with Crippen LogP contribution in [-0.2, 0) is 0 Å². The van der Waals surface area contributed by atoms with Gasteiger partial charge in [-0.15, -0.1) is 0 Å². The van der Waals surface area contributed by atoms with Crippen molar-refractivity contribution in [1.29, 1.82) is 0 Å². The first-order valence-corrected chi connectivity index (χ1v) is 13.3. The largest absolute Gasteiger partial charge is 0.456 e. The zero-order valence-electron chi connectivity index (χ0n) is 22.2. The number of hydrogen-bond donors (Lipinski definition) is 0. The molecule has 8 rings (SSSR count). The lowest BCUT2D eigenvalue weighted by atomic mass is 9.86. The van der Waals surface area contributed by atoms with Crippen LogP contribution in [0.1, 0.15) is 1.37 Å². The van der Waals surface area contributed by atoms with Crippen LogP contribution in [-0.4, -0.2) is 0 Å². The molecule has 1 nitrogen and oxygen atoms in total. The van der Waals surface area contributed by atoms with Gasteiger partial charge >= 0.3 is 0 Å². The highest BCUT2D eigenvalue weighted by molar-refractivity contribution is 6.22. The summed E-state index contributed by atoms with van der Waals surface area (Å²) in [6, 6.07) is 49.3. The summed E-state index contributed by atoms with van der Waals surface area (Å²) >= 11 is 0. The molecule has 0 aliphatic rings. The van der Waals surface area contributed by atoms with Crippen molar-refractivity contribution in [3.63, 3.8) is 0 Å². The molecule has 182 valence electrons. The zero-order valence-corrected chi connectivity index (χ0v) is 21.2. The second-order valence-electron chi connectivity index (χ2n) is 10.0. The van der Waals surface area contributed by atoms with E-state index in [9.17, 15) is 0 Å². The molecule has 0 aliphatic carbocycles. The fraction of sp³-hybridized carbons (Fsp3) is 0. The van der Waals surface area contributed by atoms with Crippen LogP contribution >= 0.6 is 0 Å². The average Bonchev–Trinajstić information content (AvgIpc) is 3.38. The molecule has 0 spiro atoms. The molecule has 1 heterocycles. The van der Waals surface area contributed by atoms with E-state index in [0.717, 1.165) is 33.1 Å². The van der Waals surface area contributed by atoms with Crippen LogP contribution < -0.4 is 0 Å². The number of benzene rings is 7. The lowest BCUT2D eigenvalue weighted by Crippen LogP contribution is -1.90. The third-order valence-corrected chi connectivity index (χ3v) is 7.80. The monoisotopic (exact) mass is 497 g/mol. The van der Waals surface area contributed by atoms with Crippen LogP contribution in [0.2, 0.25) is 0 Å². The van der Waals surface area contributed by atoms with Crippen molar-refractivity contribution in [1.82, 2.24) is 0 Å². The van der Waals surface area contributed by atoms with Crippen LogP contribution in [0.3, 0.4) is 0 Å². The Bertz CT molecular complexity index is 2150. The molecule has 39 heavy (non-hydrogen) atoms. The van der Waals surface area contributed by atoms with Gasteiger partial charge in [0.1, 0.15) is 11.2 Å². The van der Waals surface area contributed by atoms with Crippen molar-refractivity contribution in [2.75, 3.05) is 0 Å². The molecule has 0 N–H and O–H groups in total. The summed E-state index contributed by atoms with van der Waals surface area (Å²) in [5.41, 5.74) is 8.88. The molecular formula is C38H24O. The molecule has 0 fully saturated rings. The van der Waals surface area contributed by atoms with Crippen molar-refractivity contribution < 1.29 is 5.79 Å². The van der Waals surface area contributed by atoms with E-state index in [1.807, 2.05) is 24.3 Å². The van der Waals surface area contributed by atoms with Gasteiger partial charge in [-0.1, -0.05) is 121 Å². The van der Waals surface area contributed by atoms with E-state index in [1.54, 1.807) is 0 Å². The van der Waals surface area contributed by atoms with Gasteiger partial charge in [-0.05, 0) is 79.2 Å². The number of hydrogen-bond acceptors (Lipinski definition) is 1. The Kier molecular flexibility index (Phi) is 4.66. The minimum Gasteiger partial charge on any atom is -0.456 e. The van der Waals surface area contributed by atoms with Crippen LogP contribution in [0.5, 0.6) is 0 Å². The fourth-order valence-corrected chi connectivity index (χ4v) is 6.05. The van der Waals surface area contributed by atoms with E-state index in [2.05, 4.69) is 115 Å². The van der Waals surface area contributed by atoms with Gasteiger partial charge in [-0.25, -0.2) is 0 Å². The maximum atomic E-state index is 7.84. The Labute approximate surface area is 228 Å². The first kappa shape index (κ1) is 20.9. The highest BCUT2D eigenvalue weighted by atomic mass is 16.3. The first-order chi connectivity index (χ1) is 19.7. The average molecular weight is 498 g/mol. The third kappa shape index (κ3) is 3.48.